The standard InChI is InChI=1S/C41H32N2/c1-29-27-35(42(33-13-3-2-4-14-33)36-24-19-30-11-5-6-12-32(30)28-36)25-26-37(29)31-20-22-34(23-21-31)43-40-17-9-7-15-38(40)39-16-8-10-18-41(39)43/h2-7,9-15,17-28H,8,16H2,1H3. The number of aromatic nitrogens is 1. The lowest BCUT2D eigenvalue weighted by Gasteiger charge is -2.26. The predicted octanol–water partition coefficient (Wildman–Crippen LogP) is 11.2. The first-order chi connectivity index (χ1) is 21.2. The van der Waals surface area contributed by atoms with Crippen LogP contribution in [0.1, 0.15) is 23.2 Å². The van der Waals surface area contributed by atoms with Crippen LogP contribution >= 0.6 is 0 Å². The van der Waals surface area contributed by atoms with Crippen LogP contribution in [0.4, 0.5) is 17.1 Å². The van der Waals surface area contributed by atoms with Gasteiger partial charge in [0, 0.05) is 33.8 Å². The molecule has 206 valence electrons. The molecule has 7 aromatic rings. The lowest BCUT2D eigenvalue weighted by molar-refractivity contribution is 0.967. The molecular formula is C41H32N2. The smallest absolute Gasteiger partial charge is 0.0537 e. The topological polar surface area (TPSA) is 8.17 Å². The van der Waals surface area contributed by atoms with Gasteiger partial charge in [-0.25, -0.2) is 0 Å². The Balaban J connectivity index is 1.17. The Labute approximate surface area is 252 Å². The number of fused-ring (bicyclic) bond motifs is 4. The summed E-state index contributed by atoms with van der Waals surface area (Å²) in [6.45, 7) is 2.22. The quantitative estimate of drug-likeness (QED) is 0.206. The lowest BCUT2D eigenvalue weighted by atomic mass is 9.99. The molecule has 1 aromatic heterocycles. The highest BCUT2D eigenvalue weighted by Crippen LogP contribution is 2.39. The first-order valence-electron chi connectivity index (χ1n) is 15.1. The highest BCUT2D eigenvalue weighted by Gasteiger charge is 2.18. The SMILES string of the molecule is Cc1cc(N(c2ccccc2)c2ccc3ccccc3c2)ccc1-c1ccc(-n2c3c(c4ccccc42)CCC=C3)cc1. The Morgan fingerprint density at radius 2 is 1.33 bits per heavy atom. The Hall–Kier alpha value is -5.34. The van der Waals surface area contributed by atoms with Crippen LogP contribution in [0.2, 0.25) is 0 Å². The molecule has 0 radical (unpaired) electrons. The third-order valence-corrected chi connectivity index (χ3v) is 8.77. The van der Waals surface area contributed by atoms with E-state index in [0.29, 0.717) is 0 Å². The average molecular weight is 553 g/mol. The molecule has 1 aliphatic rings. The second-order valence-corrected chi connectivity index (χ2v) is 11.4. The van der Waals surface area contributed by atoms with Crippen LogP contribution in [0, 0.1) is 6.92 Å². The number of rotatable bonds is 5. The van der Waals surface area contributed by atoms with Gasteiger partial charge in [0.05, 0.1) is 5.52 Å². The van der Waals surface area contributed by atoms with E-state index >= 15 is 0 Å². The van der Waals surface area contributed by atoms with Gasteiger partial charge in [0.25, 0.3) is 0 Å². The van der Waals surface area contributed by atoms with Gasteiger partial charge in [-0.15, -0.1) is 0 Å². The molecule has 0 saturated heterocycles. The van der Waals surface area contributed by atoms with Crippen LogP contribution in [0.3, 0.4) is 0 Å². The number of anilines is 3. The highest BCUT2D eigenvalue weighted by atomic mass is 15.1. The molecule has 0 amide bonds. The van der Waals surface area contributed by atoms with Crippen LogP contribution in [0.15, 0.2) is 146 Å². The summed E-state index contributed by atoms with van der Waals surface area (Å²) in [5.41, 5.74) is 12.4. The van der Waals surface area contributed by atoms with Crippen molar-refractivity contribution in [3.8, 4) is 16.8 Å². The van der Waals surface area contributed by atoms with E-state index in [2.05, 4.69) is 168 Å². The van der Waals surface area contributed by atoms with Gasteiger partial charge >= 0.3 is 0 Å². The zero-order valence-electron chi connectivity index (χ0n) is 24.2. The summed E-state index contributed by atoms with van der Waals surface area (Å²) in [7, 11) is 0. The summed E-state index contributed by atoms with van der Waals surface area (Å²) in [6.07, 6.45) is 6.80. The second-order valence-electron chi connectivity index (χ2n) is 11.4. The zero-order chi connectivity index (χ0) is 28.8. The van der Waals surface area contributed by atoms with Crippen molar-refractivity contribution in [2.75, 3.05) is 4.90 Å². The normalized spacial score (nSPS) is 12.5. The molecule has 1 aliphatic carbocycles. The van der Waals surface area contributed by atoms with Crippen molar-refractivity contribution in [2.24, 2.45) is 0 Å². The van der Waals surface area contributed by atoms with Gasteiger partial charge in [0.15, 0.2) is 0 Å². The Kier molecular flexibility index (Phi) is 6.19. The molecular weight excluding hydrogens is 520 g/mol. The van der Waals surface area contributed by atoms with E-state index in [1.807, 2.05) is 0 Å². The Bertz CT molecular complexity index is 2130. The maximum Gasteiger partial charge on any atom is 0.0537 e. The fourth-order valence-corrected chi connectivity index (χ4v) is 6.71. The van der Waals surface area contributed by atoms with Crippen LogP contribution in [-0.4, -0.2) is 4.57 Å². The van der Waals surface area contributed by atoms with Crippen molar-refractivity contribution >= 4 is 44.8 Å². The molecule has 0 atom stereocenters. The monoisotopic (exact) mass is 552 g/mol. The molecule has 0 spiro atoms. The lowest BCUT2D eigenvalue weighted by Crippen LogP contribution is -2.10. The molecule has 0 saturated carbocycles. The van der Waals surface area contributed by atoms with Crippen LogP contribution < -0.4 is 4.90 Å². The summed E-state index contributed by atoms with van der Waals surface area (Å²) in [6, 6.07) is 50.6. The molecule has 0 aliphatic heterocycles. The van der Waals surface area contributed by atoms with Gasteiger partial charge in [-0.1, -0.05) is 91.0 Å². The maximum atomic E-state index is 2.42. The van der Waals surface area contributed by atoms with Crippen LogP contribution in [0.25, 0.3) is 44.6 Å². The van der Waals surface area contributed by atoms with Crippen LogP contribution in [-0.2, 0) is 6.42 Å². The molecule has 1 heterocycles. The van der Waals surface area contributed by atoms with Gasteiger partial charge in [-0.05, 0) is 113 Å². The molecule has 6 aromatic carbocycles. The van der Waals surface area contributed by atoms with Crippen molar-refractivity contribution < 1.29 is 0 Å². The average Bonchev–Trinajstić information content (AvgIpc) is 3.40. The zero-order valence-corrected chi connectivity index (χ0v) is 24.2. The molecule has 0 bridgehead atoms. The van der Waals surface area contributed by atoms with Gasteiger partial charge in [-0.3, -0.25) is 0 Å². The minimum absolute atomic E-state index is 1.10. The van der Waals surface area contributed by atoms with E-state index in [1.54, 1.807) is 0 Å². The summed E-state index contributed by atoms with van der Waals surface area (Å²) >= 11 is 0. The predicted molar refractivity (Wildman–Crippen MR) is 183 cm³/mol. The minimum atomic E-state index is 1.10. The Morgan fingerprint density at radius 3 is 2.16 bits per heavy atom. The summed E-state index contributed by atoms with van der Waals surface area (Å²) in [5, 5.41) is 3.85. The molecule has 0 fully saturated rings. The minimum Gasteiger partial charge on any atom is -0.310 e. The maximum absolute atomic E-state index is 2.42. The number of hydrogen-bond donors (Lipinski definition) is 0. The Morgan fingerprint density at radius 1 is 0.605 bits per heavy atom. The first kappa shape index (κ1) is 25.4. The number of benzene rings is 6. The summed E-state index contributed by atoms with van der Waals surface area (Å²) in [5.74, 6) is 0. The van der Waals surface area contributed by atoms with Crippen molar-refractivity contribution in [1.29, 1.82) is 0 Å². The fraction of sp³-hybridized carbons (Fsp3) is 0.0732. The largest absolute Gasteiger partial charge is 0.310 e. The fourth-order valence-electron chi connectivity index (χ4n) is 6.71. The molecule has 0 N–H and O–H groups in total. The number of aryl methyl sites for hydroxylation is 2. The van der Waals surface area contributed by atoms with E-state index in [-0.39, 0.29) is 0 Å². The van der Waals surface area contributed by atoms with E-state index in [9.17, 15) is 0 Å². The highest BCUT2D eigenvalue weighted by molar-refractivity contribution is 5.91. The van der Waals surface area contributed by atoms with Gasteiger partial charge in [0.2, 0.25) is 0 Å². The summed E-state index contributed by atoms with van der Waals surface area (Å²) in [4.78, 5) is 2.35. The van der Waals surface area contributed by atoms with Crippen molar-refractivity contribution in [3.05, 3.63) is 162 Å². The molecule has 2 heteroatoms. The van der Waals surface area contributed by atoms with Crippen molar-refractivity contribution in [1.82, 2.24) is 4.57 Å². The number of allylic oxidation sites excluding steroid dienone is 1. The van der Waals surface area contributed by atoms with E-state index < -0.39 is 0 Å². The van der Waals surface area contributed by atoms with Gasteiger partial charge in [-0.2, -0.15) is 0 Å². The molecule has 8 rings (SSSR count). The van der Waals surface area contributed by atoms with Gasteiger partial charge < -0.3 is 9.47 Å². The van der Waals surface area contributed by atoms with Crippen LogP contribution in [0.5, 0.6) is 0 Å². The van der Waals surface area contributed by atoms with Gasteiger partial charge in [0.1, 0.15) is 0 Å². The molecule has 2 nitrogen and oxygen atoms in total. The van der Waals surface area contributed by atoms with E-state index in [0.717, 1.165) is 29.9 Å². The van der Waals surface area contributed by atoms with Crippen molar-refractivity contribution in [2.45, 2.75) is 19.8 Å². The summed E-state index contributed by atoms with van der Waals surface area (Å²) < 4.78 is 2.42. The third kappa shape index (κ3) is 4.43. The molecule has 0 unspecified atom stereocenters. The van der Waals surface area contributed by atoms with E-state index in [4.69, 9.17) is 0 Å². The number of hydrogen-bond acceptors (Lipinski definition) is 1. The number of para-hydroxylation sites is 2. The third-order valence-electron chi connectivity index (χ3n) is 8.77. The van der Waals surface area contributed by atoms with E-state index in [1.165, 1.54) is 55.3 Å². The number of nitrogens with zero attached hydrogens (tertiary/aromatic N) is 2. The molecule has 43 heavy (non-hydrogen) atoms. The second kappa shape index (κ2) is 10.5. The van der Waals surface area contributed by atoms with Crippen molar-refractivity contribution in [3.63, 3.8) is 0 Å². The first-order valence-corrected chi connectivity index (χ1v) is 15.1.